The van der Waals surface area contributed by atoms with Crippen LogP contribution in [-0.2, 0) is 10.2 Å². The molecule has 4 rings (SSSR count). The van der Waals surface area contributed by atoms with Crippen LogP contribution in [0.1, 0.15) is 24.5 Å². The molecule has 1 spiro atoms. The van der Waals surface area contributed by atoms with Crippen molar-refractivity contribution in [1.82, 2.24) is 4.90 Å². The van der Waals surface area contributed by atoms with Gasteiger partial charge in [0.1, 0.15) is 5.76 Å². The van der Waals surface area contributed by atoms with E-state index in [0.717, 1.165) is 24.3 Å². The normalized spacial score (nSPS) is 32.2. The van der Waals surface area contributed by atoms with Gasteiger partial charge in [0.2, 0.25) is 0 Å². The SMILES string of the molecule is COC1=CC=C2C(C)N(C)CCC23c2c(C)ccc(O)c2O[C@@H]13. The van der Waals surface area contributed by atoms with E-state index in [1.54, 1.807) is 13.2 Å². The van der Waals surface area contributed by atoms with Crippen molar-refractivity contribution in [2.24, 2.45) is 0 Å². The van der Waals surface area contributed by atoms with Crippen molar-refractivity contribution >= 4 is 0 Å². The van der Waals surface area contributed by atoms with Crippen LogP contribution >= 0.6 is 0 Å². The van der Waals surface area contributed by atoms with Crippen molar-refractivity contribution in [3.63, 3.8) is 0 Å². The monoisotopic (exact) mass is 313 g/mol. The predicted octanol–water partition coefficient (Wildman–Crippen LogP) is 2.89. The number of methoxy groups -OCH3 is 1. The highest BCUT2D eigenvalue weighted by Gasteiger charge is 2.58. The molecule has 0 amide bonds. The number of aromatic hydroxyl groups is 1. The molecule has 3 atom stereocenters. The lowest BCUT2D eigenvalue weighted by Gasteiger charge is -2.48. The molecule has 3 aliphatic rings. The largest absolute Gasteiger partial charge is 0.504 e. The Kier molecular flexibility index (Phi) is 3.04. The average molecular weight is 313 g/mol. The van der Waals surface area contributed by atoms with Crippen LogP contribution in [0.4, 0.5) is 0 Å². The maximum Gasteiger partial charge on any atom is 0.169 e. The summed E-state index contributed by atoms with van der Waals surface area (Å²) in [5, 5.41) is 10.4. The van der Waals surface area contributed by atoms with E-state index >= 15 is 0 Å². The molecular formula is C19H23NO3. The van der Waals surface area contributed by atoms with Crippen LogP contribution < -0.4 is 4.74 Å². The number of phenolic OH excluding ortho intramolecular Hbond substituents is 1. The van der Waals surface area contributed by atoms with Gasteiger partial charge < -0.3 is 14.6 Å². The second-order valence-electron chi connectivity index (χ2n) is 6.88. The van der Waals surface area contributed by atoms with Crippen molar-refractivity contribution in [2.75, 3.05) is 20.7 Å². The Balaban J connectivity index is 2.01. The lowest BCUT2D eigenvalue weighted by molar-refractivity contribution is 0.0807. The van der Waals surface area contributed by atoms with Gasteiger partial charge >= 0.3 is 0 Å². The number of aryl methyl sites for hydroxylation is 1. The maximum absolute atomic E-state index is 10.4. The molecule has 1 saturated heterocycles. The predicted molar refractivity (Wildman–Crippen MR) is 88.8 cm³/mol. The van der Waals surface area contributed by atoms with Gasteiger partial charge in [0.15, 0.2) is 17.6 Å². The number of benzene rings is 1. The minimum absolute atomic E-state index is 0.189. The Morgan fingerprint density at radius 2 is 2.13 bits per heavy atom. The molecule has 1 N–H and O–H groups in total. The second kappa shape index (κ2) is 4.78. The van der Waals surface area contributed by atoms with E-state index in [9.17, 15) is 5.11 Å². The maximum atomic E-state index is 10.4. The molecule has 1 aliphatic carbocycles. The van der Waals surface area contributed by atoms with Gasteiger partial charge in [-0.1, -0.05) is 12.1 Å². The summed E-state index contributed by atoms with van der Waals surface area (Å²) in [5.41, 5.74) is 3.42. The van der Waals surface area contributed by atoms with E-state index in [0.29, 0.717) is 11.8 Å². The van der Waals surface area contributed by atoms with E-state index < -0.39 is 0 Å². The van der Waals surface area contributed by atoms with Crippen molar-refractivity contribution in [3.8, 4) is 11.5 Å². The van der Waals surface area contributed by atoms with E-state index in [4.69, 9.17) is 9.47 Å². The number of likely N-dealkylation sites (N-methyl/N-ethyl adjacent to an activating group) is 1. The molecule has 2 aliphatic heterocycles. The lowest BCUT2D eigenvalue weighted by Crippen LogP contribution is -2.54. The topological polar surface area (TPSA) is 41.9 Å². The Morgan fingerprint density at radius 3 is 2.87 bits per heavy atom. The third-order valence-electron chi connectivity index (χ3n) is 5.88. The number of piperidine rings is 1. The molecule has 1 aromatic rings. The number of phenols is 1. The Hall–Kier alpha value is -1.94. The van der Waals surface area contributed by atoms with E-state index in [2.05, 4.69) is 31.9 Å². The minimum Gasteiger partial charge on any atom is -0.504 e. The molecule has 122 valence electrons. The standard InChI is InChI=1S/C19H23NO3/c1-11-5-7-14(21)17-16(11)19-9-10-20(3)12(2)13(19)6-8-15(22-4)18(19)23-17/h5-8,12,18,21H,9-10H2,1-4H3/t12?,18-,19?/m0/s1. The number of hydrogen-bond donors (Lipinski definition) is 1. The third-order valence-corrected chi connectivity index (χ3v) is 5.88. The molecule has 4 heteroatoms. The van der Waals surface area contributed by atoms with Crippen molar-refractivity contribution in [1.29, 1.82) is 0 Å². The van der Waals surface area contributed by atoms with Crippen LogP contribution in [0.25, 0.3) is 0 Å². The molecular weight excluding hydrogens is 290 g/mol. The van der Waals surface area contributed by atoms with Gasteiger partial charge in [0.05, 0.1) is 12.5 Å². The number of hydrogen-bond acceptors (Lipinski definition) is 4. The Labute approximate surface area is 137 Å². The zero-order valence-corrected chi connectivity index (χ0v) is 14.1. The molecule has 2 heterocycles. The van der Waals surface area contributed by atoms with Gasteiger partial charge in [0, 0.05) is 11.6 Å². The average Bonchev–Trinajstić information content (AvgIpc) is 2.90. The van der Waals surface area contributed by atoms with E-state index in [1.165, 1.54) is 11.1 Å². The summed E-state index contributed by atoms with van der Waals surface area (Å²) >= 11 is 0. The fourth-order valence-electron chi connectivity index (χ4n) is 4.57. The molecule has 0 aromatic heterocycles. The molecule has 0 saturated carbocycles. The fraction of sp³-hybridized carbons (Fsp3) is 0.474. The first kappa shape index (κ1) is 14.6. The van der Waals surface area contributed by atoms with Gasteiger partial charge in [-0.2, -0.15) is 0 Å². The summed E-state index contributed by atoms with van der Waals surface area (Å²) in [4.78, 5) is 2.37. The summed E-state index contributed by atoms with van der Waals surface area (Å²) in [6.45, 7) is 5.33. The number of nitrogens with zero attached hydrogens (tertiary/aromatic N) is 1. The molecule has 0 radical (unpaired) electrons. The van der Waals surface area contributed by atoms with Gasteiger partial charge in [-0.05, 0) is 57.1 Å². The molecule has 23 heavy (non-hydrogen) atoms. The summed E-state index contributed by atoms with van der Waals surface area (Å²) in [7, 11) is 3.85. The minimum atomic E-state index is -0.232. The highest BCUT2D eigenvalue weighted by atomic mass is 16.5. The lowest BCUT2D eigenvalue weighted by atomic mass is 9.61. The number of allylic oxidation sites excluding steroid dienone is 2. The zero-order chi connectivity index (χ0) is 16.4. The van der Waals surface area contributed by atoms with E-state index in [1.807, 2.05) is 12.1 Å². The van der Waals surface area contributed by atoms with Crippen molar-refractivity contribution in [2.45, 2.75) is 37.8 Å². The summed E-state index contributed by atoms with van der Waals surface area (Å²) in [6.07, 6.45) is 4.98. The van der Waals surface area contributed by atoms with Gasteiger partial charge in [-0.3, -0.25) is 4.90 Å². The van der Waals surface area contributed by atoms with Gasteiger partial charge in [0.25, 0.3) is 0 Å². The van der Waals surface area contributed by atoms with Crippen LogP contribution in [-0.4, -0.2) is 42.9 Å². The molecule has 1 fully saturated rings. The van der Waals surface area contributed by atoms with Crippen LogP contribution in [0.3, 0.4) is 0 Å². The molecule has 0 bridgehead atoms. The molecule has 1 aromatic carbocycles. The van der Waals surface area contributed by atoms with Gasteiger partial charge in [-0.15, -0.1) is 0 Å². The number of ether oxygens (including phenoxy) is 2. The quantitative estimate of drug-likeness (QED) is 0.865. The summed E-state index contributed by atoms with van der Waals surface area (Å²) in [6, 6.07) is 4.04. The highest BCUT2D eigenvalue weighted by Crippen LogP contribution is 2.59. The summed E-state index contributed by atoms with van der Waals surface area (Å²) in [5.74, 6) is 1.68. The first-order valence-corrected chi connectivity index (χ1v) is 8.17. The molecule has 2 unspecified atom stereocenters. The van der Waals surface area contributed by atoms with Crippen molar-refractivity contribution in [3.05, 3.63) is 46.7 Å². The highest BCUT2D eigenvalue weighted by molar-refractivity contribution is 5.64. The number of fused-ring (bicyclic) bond motifs is 1. The smallest absolute Gasteiger partial charge is 0.169 e. The Bertz CT molecular complexity index is 736. The Morgan fingerprint density at radius 1 is 1.35 bits per heavy atom. The van der Waals surface area contributed by atoms with Crippen LogP contribution in [0.15, 0.2) is 35.6 Å². The first-order valence-electron chi connectivity index (χ1n) is 8.17. The van der Waals surface area contributed by atoms with Crippen molar-refractivity contribution < 1.29 is 14.6 Å². The second-order valence-corrected chi connectivity index (χ2v) is 6.88. The fourth-order valence-corrected chi connectivity index (χ4v) is 4.57. The number of rotatable bonds is 1. The van der Waals surface area contributed by atoms with Crippen LogP contribution in [0.5, 0.6) is 11.5 Å². The third kappa shape index (κ3) is 1.70. The first-order chi connectivity index (χ1) is 11.0. The van der Waals surface area contributed by atoms with E-state index in [-0.39, 0.29) is 17.3 Å². The van der Waals surface area contributed by atoms with Crippen LogP contribution in [0.2, 0.25) is 0 Å². The zero-order valence-electron chi connectivity index (χ0n) is 14.1. The van der Waals surface area contributed by atoms with Crippen LogP contribution in [0, 0.1) is 6.92 Å². The molecule has 4 nitrogen and oxygen atoms in total. The number of likely N-dealkylation sites (tertiary alicyclic amines) is 1. The summed E-state index contributed by atoms with van der Waals surface area (Å²) < 4.78 is 11.9. The van der Waals surface area contributed by atoms with Gasteiger partial charge in [-0.25, -0.2) is 0 Å².